The summed E-state index contributed by atoms with van der Waals surface area (Å²) < 4.78 is 10.5. The molecule has 178 valence electrons. The monoisotopic (exact) mass is 463 g/mol. The van der Waals surface area contributed by atoms with Crippen LogP contribution in [0.2, 0.25) is 0 Å². The van der Waals surface area contributed by atoms with E-state index in [4.69, 9.17) is 9.47 Å². The predicted molar refractivity (Wildman–Crippen MR) is 121 cm³/mol. The number of hydrogen-bond acceptors (Lipinski definition) is 6. The van der Waals surface area contributed by atoms with Gasteiger partial charge in [0.1, 0.15) is 5.75 Å². The fraction of sp³-hybridized carbons (Fsp3) is 0.556. The van der Waals surface area contributed by atoms with Crippen LogP contribution in [0.5, 0.6) is 5.75 Å². The number of esters is 1. The zero-order chi connectivity index (χ0) is 23.6. The van der Waals surface area contributed by atoms with Gasteiger partial charge < -0.3 is 9.47 Å². The minimum Gasteiger partial charge on any atom is -0.497 e. The molecule has 34 heavy (non-hydrogen) atoms. The lowest BCUT2D eigenvalue weighted by Crippen LogP contribution is -2.44. The second kappa shape index (κ2) is 8.07. The SMILES string of the molecule is COc1cccc(C(=O)COC(=O)C2CCC(N3C(=O)[C@@H]4[C@@H]5C=C[C@H]([C@H]6C[C@H]56)[C@@H]4C3=O)CC2)c1. The third kappa shape index (κ3) is 3.31. The summed E-state index contributed by atoms with van der Waals surface area (Å²) in [6.45, 7) is -0.309. The van der Waals surface area contributed by atoms with Crippen LogP contribution in [0.15, 0.2) is 36.4 Å². The number of Topliss-reactive ketones (excluding diaryl/α,β-unsaturated/α-hetero) is 1. The molecule has 7 heteroatoms. The number of amides is 2. The van der Waals surface area contributed by atoms with E-state index in [0.29, 0.717) is 48.8 Å². The molecule has 7 nitrogen and oxygen atoms in total. The van der Waals surface area contributed by atoms with Crippen molar-refractivity contribution in [1.82, 2.24) is 4.90 Å². The standard InChI is InChI=1S/C27H29NO6/c1-33-17-4-2-3-15(11-17)22(29)13-34-27(32)14-5-7-16(8-6-14)28-25(30)23-18-9-10-19(21-12-20(18)21)24(23)26(28)31/h2-4,9-11,14,16,18-21,23-24H,5-8,12-13H2,1H3/t14?,16?,18-,19-,20-,21-,23-,24+/m1/s1. The molecule has 0 unspecified atom stereocenters. The number of carbonyl (C=O) groups is 4. The van der Waals surface area contributed by atoms with Crippen LogP contribution in [0.4, 0.5) is 0 Å². The lowest BCUT2D eigenvalue weighted by molar-refractivity contribution is -0.149. The maximum atomic E-state index is 13.3. The molecule has 3 saturated carbocycles. The smallest absolute Gasteiger partial charge is 0.309 e. The van der Waals surface area contributed by atoms with Gasteiger partial charge in [-0.15, -0.1) is 0 Å². The minimum absolute atomic E-state index is 0.00890. The fourth-order valence-corrected chi connectivity index (χ4v) is 7.04. The van der Waals surface area contributed by atoms with E-state index in [1.807, 2.05) is 0 Å². The number of rotatable bonds is 6. The number of allylic oxidation sites excluding steroid dienone is 2. The van der Waals surface area contributed by atoms with Gasteiger partial charge in [-0.05, 0) is 67.9 Å². The molecule has 0 aromatic heterocycles. The van der Waals surface area contributed by atoms with Crippen molar-refractivity contribution in [3.63, 3.8) is 0 Å². The molecule has 0 N–H and O–H groups in total. The van der Waals surface area contributed by atoms with E-state index in [2.05, 4.69) is 12.2 Å². The summed E-state index contributed by atoms with van der Waals surface area (Å²) in [6.07, 6.45) is 7.86. The van der Waals surface area contributed by atoms with E-state index in [1.165, 1.54) is 7.11 Å². The largest absolute Gasteiger partial charge is 0.497 e. The van der Waals surface area contributed by atoms with Gasteiger partial charge >= 0.3 is 5.97 Å². The van der Waals surface area contributed by atoms with Crippen molar-refractivity contribution in [3.05, 3.63) is 42.0 Å². The predicted octanol–water partition coefficient (Wildman–Crippen LogP) is 3.03. The number of benzene rings is 1. The van der Waals surface area contributed by atoms with Gasteiger partial charge in [0.25, 0.3) is 0 Å². The first kappa shape index (κ1) is 21.6. The average molecular weight is 464 g/mol. The topological polar surface area (TPSA) is 90.0 Å². The van der Waals surface area contributed by atoms with Crippen molar-refractivity contribution < 1.29 is 28.7 Å². The van der Waals surface area contributed by atoms with E-state index in [-0.39, 0.29) is 65.8 Å². The molecule has 2 bridgehead atoms. The molecule has 4 fully saturated rings. The van der Waals surface area contributed by atoms with E-state index >= 15 is 0 Å². The molecule has 1 saturated heterocycles. The number of ether oxygens (including phenoxy) is 2. The van der Waals surface area contributed by atoms with Gasteiger partial charge in [-0.2, -0.15) is 0 Å². The van der Waals surface area contributed by atoms with Crippen LogP contribution in [0, 0.1) is 41.4 Å². The summed E-state index contributed by atoms with van der Waals surface area (Å²) in [4.78, 5) is 53.2. The van der Waals surface area contributed by atoms with Gasteiger partial charge in [-0.1, -0.05) is 24.3 Å². The van der Waals surface area contributed by atoms with Gasteiger partial charge in [-0.3, -0.25) is 24.1 Å². The van der Waals surface area contributed by atoms with Crippen LogP contribution in [0.3, 0.4) is 0 Å². The van der Waals surface area contributed by atoms with E-state index in [9.17, 15) is 19.2 Å². The number of hydrogen-bond donors (Lipinski definition) is 0. The molecule has 6 aliphatic rings. The molecule has 7 rings (SSSR count). The van der Waals surface area contributed by atoms with Crippen molar-refractivity contribution in [3.8, 4) is 5.75 Å². The number of nitrogens with zero attached hydrogens (tertiary/aromatic N) is 1. The summed E-state index contributed by atoms with van der Waals surface area (Å²) >= 11 is 0. The summed E-state index contributed by atoms with van der Waals surface area (Å²) in [5, 5.41) is 0. The Balaban J connectivity index is 1.04. The second-order valence-electron chi connectivity index (χ2n) is 10.5. The van der Waals surface area contributed by atoms with Gasteiger partial charge in [0, 0.05) is 11.6 Å². The molecule has 6 atom stereocenters. The summed E-state index contributed by atoms with van der Waals surface area (Å²) in [6, 6.07) is 6.61. The maximum Gasteiger partial charge on any atom is 0.309 e. The van der Waals surface area contributed by atoms with Gasteiger partial charge in [0.15, 0.2) is 12.4 Å². The van der Waals surface area contributed by atoms with Gasteiger partial charge in [-0.25, -0.2) is 0 Å². The quantitative estimate of drug-likeness (QED) is 0.279. The highest BCUT2D eigenvalue weighted by Gasteiger charge is 2.67. The average Bonchev–Trinajstić information content (AvgIpc) is 3.65. The molecule has 1 aromatic rings. The Morgan fingerprint density at radius 1 is 0.971 bits per heavy atom. The van der Waals surface area contributed by atoms with Crippen LogP contribution in [0.1, 0.15) is 42.5 Å². The first-order valence-corrected chi connectivity index (χ1v) is 12.4. The van der Waals surface area contributed by atoms with Crippen molar-refractivity contribution in [2.75, 3.05) is 13.7 Å². The van der Waals surface area contributed by atoms with Crippen LogP contribution < -0.4 is 4.74 Å². The Bertz CT molecular complexity index is 1050. The summed E-state index contributed by atoms with van der Waals surface area (Å²) in [5.74, 6) is 0.929. The Morgan fingerprint density at radius 2 is 1.62 bits per heavy atom. The molecule has 1 aromatic carbocycles. The molecular weight excluding hydrogens is 434 g/mol. The van der Waals surface area contributed by atoms with Crippen molar-refractivity contribution in [1.29, 1.82) is 0 Å². The lowest BCUT2D eigenvalue weighted by atomic mass is 9.63. The summed E-state index contributed by atoms with van der Waals surface area (Å²) in [7, 11) is 1.53. The first-order chi connectivity index (χ1) is 16.5. The molecule has 0 spiro atoms. The fourth-order valence-electron chi connectivity index (χ4n) is 7.04. The maximum absolute atomic E-state index is 13.3. The van der Waals surface area contributed by atoms with E-state index in [0.717, 1.165) is 6.42 Å². The lowest BCUT2D eigenvalue weighted by Gasteiger charge is -2.37. The van der Waals surface area contributed by atoms with E-state index in [1.54, 1.807) is 29.2 Å². The van der Waals surface area contributed by atoms with Crippen molar-refractivity contribution in [2.24, 2.45) is 41.4 Å². The van der Waals surface area contributed by atoms with Crippen LogP contribution in [-0.2, 0) is 19.1 Å². The number of methoxy groups -OCH3 is 1. The minimum atomic E-state index is -0.384. The number of imide groups is 1. The molecule has 1 aliphatic heterocycles. The van der Waals surface area contributed by atoms with Crippen molar-refractivity contribution >= 4 is 23.6 Å². The van der Waals surface area contributed by atoms with E-state index < -0.39 is 0 Å². The Morgan fingerprint density at radius 3 is 2.24 bits per heavy atom. The highest BCUT2D eigenvalue weighted by molar-refractivity contribution is 6.06. The molecule has 5 aliphatic carbocycles. The second-order valence-corrected chi connectivity index (χ2v) is 10.5. The zero-order valence-electron chi connectivity index (χ0n) is 19.2. The third-order valence-electron chi connectivity index (χ3n) is 8.83. The third-order valence-corrected chi connectivity index (χ3v) is 8.83. The van der Waals surface area contributed by atoms with Gasteiger partial charge in [0.05, 0.1) is 24.9 Å². The molecule has 0 radical (unpaired) electrons. The summed E-state index contributed by atoms with van der Waals surface area (Å²) in [5.41, 5.74) is 0.435. The van der Waals surface area contributed by atoms with Gasteiger partial charge in [0.2, 0.25) is 11.8 Å². The first-order valence-electron chi connectivity index (χ1n) is 12.4. The highest BCUT2D eigenvalue weighted by Crippen LogP contribution is 2.65. The van der Waals surface area contributed by atoms with Crippen LogP contribution in [0.25, 0.3) is 0 Å². The molecule has 1 heterocycles. The Hall–Kier alpha value is -2.96. The normalized spacial score (nSPS) is 37.3. The van der Waals surface area contributed by atoms with Crippen LogP contribution >= 0.6 is 0 Å². The Kier molecular flexibility index (Phi) is 5.12. The molecular formula is C27H29NO6. The highest BCUT2D eigenvalue weighted by atomic mass is 16.5. The molecule has 2 amide bonds. The Labute approximate surface area is 198 Å². The number of carbonyl (C=O) groups excluding carboxylic acids is 4. The number of likely N-dealkylation sites (tertiary alicyclic amines) is 1. The number of ketones is 1. The van der Waals surface area contributed by atoms with Crippen LogP contribution in [-0.4, -0.2) is 48.2 Å². The van der Waals surface area contributed by atoms with Crippen molar-refractivity contribution in [2.45, 2.75) is 38.1 Å². The zero-order valence-corrected chi connectivity index (χ0v) is 19.2.